The number of benzene rings is 2. The Kier molecular flexibility index (Phi) is 7.81. The van der Waals surface area contributed by atoms with Crippen LogP contribution < -0.4 is 20.9 Å². The van der Waals surface area contributed by atoms with E-state index in [2.05, 4.69) is 14.7 Å². The minimum atomic E-state index is -3.94. The summed E-state index contributed by atoms with van der Waals surface area (Å²) in [4.78, 5) is 21.4. The maximum absolute atomic E-state index is 12.9. The number of imidazole rings is 1. The Morgan fingerprint density at radius 3 is 2.57 bits per heavy atom. The molecule has 0 radical (unpaired) electrons. The lowest BCUT2D eigenvalue weighted by molar-refractivity contribution is 0.0943. The van der Waals surface area contributed by atoms with E-state index < -0.39 is 16.1 Å². The molecule has 11 heteroatoms. The van der Waals surface area contributed by atoms with Crippen LogP contribution in [0.25, 0.3) is 11.0 Å². The maximum atomic E-state index is 12.9. The summed E-state index contributed by atoms with van der Waals surface area (Å²) in [5, 5.41) is 0. The van der Waals surface area contributed by atoms with Crippen LogP contribution in [0.3, 0.4) is 0 Å². The molecule has 188 valence electrons. The predicted octanol–water partition coefficient (Wildman–Crippen LogP) is 2.09. The van der Waals surface area contributed by atoms with Gasteiger partial charge in [0, 0.05) is 13.6 Å². The Morgan fingerprint density at radius 2 is 1.91 bits per heavy atom. The first-order valence-corrected chi connectivity index (χ1v) is 12.6. The zero-order valence-corrected chi connectivity index (χ0v) is 21.4. The third-order valence-electron chi connectivity index (χ3n) is 6.01. The lowest BCUT2D eigenvalue weighted by Crippen LogP contribution is -2.37. The Morgan fingerprint density at radius 1 is 1.23 bits per heavy atom. The topological polar surface area (TPSA) is 155 Å². The summed E-state index contributed by atoms with van der Waals surface area (Å²) >= 11 is 0. The number of hydrogen-bond acceptors (Lipinski definition) is 7. The van der Waals surface area contributed by atoms with Crippen LogP contribution in [0.2, 0.25) is 0 Å². The quantitative estimate of drug-likeness (QED) is 0.176. The Bertz CT molecular complexity index is 1390. The first-order chi connectivity index (χ1) is 16.5. The van der Waals surface area contributed by atoms with E-state index in [-0.39, 0.29) is 23.2 Å². The second kappa shape index (κ2) is 10.4. The van der Waals surface area contributed by atoms with Gasteiger partial charge < -0.3 is 20.8 Å². The van der Waals surface area contributed by atoms with Crippen molar-refractivity contribution >= 4 is 32.8 Å². The van der Waals surface area contributed by atoms with E-state index in [1.165, 1.54) is 7.11 Å². The molecule has 10 nitrogen and oxygen atoms in total. The standard InChI is InChI=1S/C24H32N6O4S/c1-14-13-20(34-5)15(2)16(3)22(14)35(32,33)29-24(26)27-12-8-9-17(25)21(31)23-28-18-10-6-7-11-19(18)30(23)4/h6-7,10-11,13,17H,8-9,12,25H2,1-5H3,(H3,26,27,29). The van der Waals surface area contributed by atoms with E-state index in [9.17, 15) is 13.2 Å². The van der Waals surface area contributed by atoms with Crippen LogP contribution in [0.5, 0.6) is 5.75 Å². The average Bonchev–Trinajstić information content (AvgIpc) is 3.14. The number of fused-ring (bicyclic) bond motifs is 1. The second-order valence-corrected chi connectivity index (χ2v) is 10.1. The zero-order valence-electron chi connectivity index (χ0n) is 20.6. The number of sulfonamides is 1. The van der Waals surface area contributed by atoms with Gasteiger partial charge in [0.1, 0.15) is 5.75 Å². The molecule has 1 heterocycles. The van der Waals surface area contributed by atoms with Crippen LogP contribution in [0, 0.1) is 20.8 Å². The number of nitrogens with two attached hydrogens (primary N) is 2. The lowest BCUT2D eigenvalue weighted by atomic mass is 10.1. The Hall–Kier alpha value is -3.44. The normalized spacial score (nSPS) is 13.1. The van der Waals surface area contributed by atoms with Crippen molar-refractivity contribution < 1.29 is 17.9 Å². The smallest absolute Gasteiger partial charge is 0.264 e. The van der Waals surface area contributed by atoms with Gasteiger partial charge in [-0.2, -0.15) is 0 Å². The molecular weight excluding hydrogens is 468 g/mol. The number of guanidine groups is 1. The molecule has 0 fully saturated rings. The lowest BCUT2D eigenvalue weighted by Gasteiger charge is -2.17. The number of Topliss-reactive ketones (excluding diaryl/α,β-unsaturated/α-hetero) is 1. The molecule has 0 spiro atoms. The van der Waals surface area contributed by atoms with Crippen molar-refractivity contribution in [2.24, 2.45) is 23.5 Å². The first-order valence-electron chi connectivity index (χ1n) is 11.2. The number of carbonyl (C=O) groups is 1. The van der Waals surface area contributed by atoms with Crippen molar-refractivity contribution in [3.05, 3.63) is 52.8 Å². The van der Waals surface area contributed by atoms with E-state index in [0.29, 0.717) is 35.5 Å². The fraction of sp³-hybridized carbons (Fsp3) is 0.375. The molecule has 1 unspecified atom stereocenters. The molecule has 0 aliphatic carbocycles. The van der Waals surface area contributed by atoms with Gasteiger partial charge in [0.2, 0.25) is 11.7 Å². The molecule has 0 saturated carbocycles. The number of carbonyl (C=O) groups excluding carboxylic acids is 1. The van der Waals surface area contributed by atoms with Crippen molar-refractivity contribution in [3.63, 3.8) is 0 Å². The summed E-state index contributed by atoms with van der Waals surface area (Å²) in [5.41, 5.74) is 15.4. The number of nitrogens with one attached hydrogen (secondary N) is 1. The number of aryl methyl sites for hydroxylation is 2. The molecule has 0 saturated heterocycles. The van der Waals surface area contributed by atoms with E-state index >= 15 is 0 Å². The fourth-order valence-corrected chi connectivity index (χ4v) is 5.52. The molecule has 2 aromatic carbocycles. The van der Waals surface area contributed by atoms with Crippen LogP contribution in [0.4, 0.5) is 0 Å². The number of nitrogens with zero attached hydrogens (tertiary/aromatic N) is 3. The van der Waals surface area contributed by atoms with Gasteiger partial charge in [-0.3, -0.25) is 9.79 Å². The van der Waals surface area contributed by atoms with Crippen molar-refractivity contribution in [2.75, 3.05) is 13.7 Å². The number of aliphatic imine (C=N–C) groups is 1. The van der Waals surface area contributed by atoms with Crippen molar-refractivity contribution in [1.82, 2.24) is 14.3 Å². The Balaban J connectivity index is 1.61. The van der Waals surface area contributed by atoms with Crippen LogP contribution >= 0.6 is 0 Å². The minimum absolute atomic E-state index is 0.143. The molecule has 0 amide bonds. The molecule has 0 aliphatic rings. The van der Waals surface area contributed by atoms with Crippen LogP contribution in [0.1, 0.15) is 40.2 Å². The first kappa shape index (κ1) is 26.2. The van der Waals surface area contributed by atoms with E-state index in [1.54, 1.807) is 38.5 Å². The van der Waals surface area contributed by atoms with Gasteiger partial charge in [-0.05, 0) is 68.5 Å². The molecule has 0 bridgehead atoms. The summed E-state index contributed by atoms with van der Waals surface area (Å²) < 4.78 is 35.2. The van der Waals surface area contributed by atoms with Gasteiger partial charge in [0.15, 0.2) is 5.82 Å². The highest BCUT2D eigenvalue weighted by Crippen LogP contribution is 2.30. The molecule has 3 rings (SSSR count). The molecule has 3 aromatic rings. The fourth-order valence-electron chi connectivity index (χ4n) is 4.04. The molecule has 1 atom stereocenters. The van der Waals surface area contributed by atoms with E-state index in [0.717, 1.165) is 16.6 Å². The third kappa shape index (κ3) is 5.46. The number of methoxy groups -OCH3 is 1. The van der Waals surface area contributed by atoms with Gasteiger partial charge in [-0.25, -0.2) is 18.1 Å². The van der Waals surface area contributed by atoms with Gasteiger partial charge in [0.25, 0.3) is 10.0 Å². The van der Waals surface area contributed by atoms with Gasteiger partial charge >= 0.3 is 0 Å². The number of ether oxygens (including phenoxy) is 1. The molecule has 5 N–H and O–H groups in total. The second-order valence-electron chi connectivity index (χ2n) is 8.44. The Labute approximate surface area is 205 Å². The summed E-state index contributed by atoms with van der Waals surface area (Å²) in [5.74, 6) is 0.426. The molecule has 1 aromatic heterocycles. The SMILES string of the molecule is COc1cc(C)c(S(=O)(=O)NC(N)=NCCCC(N)C(=O)c2nc3ccccc3n2C)c(C)c1C. The molecular formula is C24H32N6O4S. The minimum Gasteiger partial charge on any atom is -0.496 e. The monoisotopic (exact) mass is 500 g/mol. The summed E-state index contributed by atoms with van der Waals surface area (Å²) in [7, 11) is -0.624. The van der Waals surface area contributed by atoms with Gasteiger partial charge in [-0.1, -0.05) is 12.1 Å². The van der Waals surface area contributed by atoms with Gasteiger partial charge in [-0.15, -0.1) is 0 Å². The number of ketones is 1. The summed E-state index contributed by atoms with van der Waals surface area (Å²) in [6.45, 7) is 5.41. The number of rotatable bonds is 9. The maximum Gasteiger partial charge on any atom is 0.264 e. The summed E-state index contributed by atoms with van der Waals surface area (Å²) in [6.07, 6.45) is 0.792. The van der Waals surface area contributed by atoms with E-state index in [1.807, 2.05) is 24.3 Å². The summed E-state index contributed by atoms with van der Waals surface area (Å²) in [6, 6.07) is 8.39. The highest BCUT2D eigenvalue weighted by Gasteiger charge is 2.24. The van der Waals surface area contributed by atoms with Gasteiger partial charge in [0.05, 0.1) is 29.1 Å². The highest BCUT2D eigenvalue weighted by atomic mass is 32.2. The average molecular weight is 501 g/mol. The number of hydrogen-bond donors (Lipinski definition) is 3. The number of aromatic nitrogens is 2. The molecule has 0 aliphatic heterocycles. The van der Waals surface area contributed by atoms with Crippen LogP contribution in [-0.2, 0) is 17.1 Å². The van der Waals surface area contributed by atoms with Crippen LogP contribution in [-0.4, -0.2) is 49.4 Å². The van der Waals surface area contributed by atoms with E-state index in [4.69, 9.17) is 16.2 Å². The zero-order chi connectivity index (χ0) is 25.9. The van der Waals surface area contributed by atoms with Crippen molar-refractivity contribution in [1.29, 1.82) is 0 Å². The number of para-hydroxylation sites is 2. The third-order valence-corrected chi connectivity index (χ3v) is 7.65. The van der Waals surface area contributed by atoms with Crippen molar-refractivity contribution in [3.8, 4) is 5.75 Å². The predicted molar refractivity (Wildman–Crippen MR) is 136 cm³/mol. The molecule has 35 heavy (non-hydrogen) atoms. The van der Waals surface area contributed by atoms with Crippen molar-refractivity contribution in [2.45, 2.75) is 44.6 Å². The largest absolute Gasteiger partial charge is 0.496 e. The highest BCUT2D eigenvalue weighted by molar-refractivity contribution is 7.90. The van der Waals surface area contributed by atoms with Crippen LogP contribution in [0.15, 0.2) is 40.2 Å².